The van der Waals surface area contributed by atoms with Crippen molar-refractivity contribution in [2.75, 3.05) is 32.0 Å². The maximum absolute atomic E-state index is 12.3. The van der Waals surface area contributed by atoms with E-state index in [9.17, 15) is 4.79 Å². The molecule has 34 heavy (non-hydrogen) atoms. The Bertz CT molecular complexity index is 1350. The van der Waals surface area contributed by atoms with Gasteiger partial charge in [0.1, 0.15) is 5.82 Å². The van der Waals surface area contributed by atoms with E-state index in [1.54, 1.807) is 10.7 Å². The van der Waals surface area contributed by atoms with Crippen molar-refractivity contribution < 1.29 is 9.90 Å². The van der Waals surface area contributed by atoms with Crippen molar-refractivity contribution in [3.8, 4) is 11.1 Å². The van der Waals surface area contributed by atoms with Gasteiger partial charge < -0.3 is 21.1 Å². The van der Waals surface area contributed by atoms with Crippen LogP contribution >= 0.6 is 15.9 Å². The van der Waals surface area contributed by atoms with E-state index in [1.807, 2.05) is 35.4 Å². The second kappa shape index (κ2) is 9.55. The molecule has 0 aliphatic carbocycles. The van der Waals surface area contributed by atoms with E-state index in [-0.39, 0.29) is 18.6 Å². The number of urea groups is 1. The first-order valence-corrected chi connectivity index (χ1v) is 12.2. The number of amides is 2. The molecule has 0 atom stereocenters. The van der Waals surface area contributed by atoms with Crippen LogP contribution in [0.15, 0.2) is 47.2 Å². The molecule has 3 aromatic heterocycles. The standard InChI is InChI=1S/C24H26BrN7O2/c25-20-21(15-6-9-31(10-7-15)24(34)27-8-3-11-33)30-23-18(14-29-32(23)22(20)26)17-12-16-4-1-2-5-19(16)28-13-17/h1-2,4-5,12-15,33H,3,6-11,26H2,(H,27,34). The molecule has 4 heterocycles. The summed E-state index contributed by atoms with van der Waals surface area (Å²) in [6, 6.07) is 9.99. The van der Waals surface area contributed by atoms with Crippen molar-refractivity contribution in [1.29, 1.82) is 0 Å². The minimum absolute atomic E-state index is 0.0673. The number of para-hydroxylation sites is 1. The Hall–Kier alpha value is -3.24. The summed E-state index contributed by atoms with van der Waals surface area (Å²) in [5, 5.41) is 17.3. The molecule has 0 radical (unpaired) electrons. The number of nitrogen functional groups attached to an aromatic ring is 1. The molecule has 4 N–H and O–H groups in total. The summed E-state index contributed by atoms with van der Waals surface area (Å²) in [5.74, 6) is 0.671. The summed E-state index contributed by atoms with van der Waals surface area (Å²) >= 11 is 3.64. The maximum Gasteiger partial charge on any atom is 0.317 e. The zero-order chi connectivity index (χ0) is 23.7. The first-order chi connectivity index (χ1) is 16.6. The van der Waals surface area contributed by atoms with Crippen molar-refractivity contribution in [2.24, 2.45) is 0 Å². The van der Waals surface area contributed by atoms with E-state index in [1.165, 1.54) is 0 Å². The van der Waals surface area contributed by atoms with Gasteiger partial charge in [-0.2, -0.15) is 9.61 Å². The number of aromatic nitrogens is 4. The van der Waals surface area contributed by atoms with Crippen LogP contribution in [-0.2, 0) is 0 Å². The van der Waals surface area contributed by atoms with E-state index in [0.29, 0.717) is 37.5 Å². The highest BCUT2D eigenvalue weighted by Crippen LogP contribution is 2.37. The Morgan fingerprint density at radius 3 is 2.82 bits per heavy atom. The lowest BCUT2D eigenvalue weighted by Crippen LogP contribution is -2.44. The van der Waals surface area contributed by atoms with Crippen molar-refractivity contribution in [2.45, 2.75) is 25.2 Å². The second-order valence-electron chi connectivity index (χ2n) is 8.48. The molecular weight excluding hydrogens is 498 g/mol. The molecule has 0 spiro atoms. The van der Waals surface area contributed by atoms with Crippen LogP contribution in [-0.4, -0.2) is 61.9 Å². The molecule has 176 valence electrons. The molecule has 5 rings (SSSR count). The third-order valence-electron chi connectivity index (χ3n) is 6.33. The van der Waals surface area contributed by atoms with Gasteiger partial charge in [-0.15, -0.1) is 0 Å². The van der Waals surface area contributed by atoms with E-state index in [4.69, 9.17) is 15.8 Å². The summed E-state index contributed by atoms with van der Waals surface area (Å²) in [6.45, 7) is 1.81. The predicted molar refractivity (Wildman–Crippen MR) is 134 cm³/mol. The van der Waals surface area contributed by atoms with Gasteiger partial charge in [-0.05, 0) is 47.3 Å². The molecule has 0 saturated carbocycles. The minimum Gasteiger partial charge on any atom is -0.396 e. The van der Waals surface area contributed by atoms with Gasteiger partial charge in [0.25, 0.3) is 0 Å². The largest absolute Gasteiger partial charge is 0.396 e. The van der Waals surface area contributed by atoms with E-state index < -0.39 is 0 Å². The average Bonchev–Trinajstić information content (AvgIpc) is 3.30. The summed E-state index contributed by atoms with van der Waals surface area (Å²) in [5.41, 5.74) is 10.8. The molecule has 2 amide bonds. The summed E-state index contributed by atoms with van der Waals surface area (Å²) in [6.07, 6.45) is 5.75. The van der Waals surface area contributed by atoms with Crippen LogP contribution in [0, 0.1) is 0 Å². The smallest absolute Gasteiger partial charge is 0.317 e. The average molecular weight is 524 g/mol. The second-order valence-corrected chi connectivity index (χ2v) is 9.27. The number of nitrogens with two attached hydrogens (primary N) is 1. The molecular formula is C24H26BrN7O2. The van der Waals surface area contributed by atoms with Crippen LogP contribution in [0.2, 0.25) is 0 Å². The number of hydrogen-bond acceptors (Lipinski definition) is 6. The van der Waals surface area contributed by atoms with Crippen LogP contribution in [0.3, 0.4) is 0 Å². The van der Waals surface area contributed by atoms with E-state index >= 15 is 0 Å². The summed E-state index contributed by atoms with van der Waals surface area (Å²) < 4.78 is 2.40. The number of hydrogen-bond donors (Lipinski definition) is 3. The maximum atomic E-state index is 12.3. The minimum atomic E-state index is -0.0872. The fourth-order valence-electron chi connectivity index (χ4n) is 4.45. The number of likely N-dealkylation sites (tertiary alicyclic amines) is 1. The predicted octanol–water partition coefficient (Wildman–Crippen LogP) is 3.56. The molecule has 1 aromatic carbocycles. The first kappa shape index (κ1) is 22.5. The number of halogens is 1. The number of anilines is 1. The molecule has 1 saturated heterocycles. The van der Waals surface area contributed by atoms with E-state index in [0.717, 1.165) is 45.0 Å². The first-order valence-electron chi connectivity index (χ1n) is 11.4. The highest BCUT2D eigenvalue weighted by molar-refractivity contribution is 9.10. The molecule has 0 bridgehead atoms. The Kier molecular flexibility index (Phi) is 6.34. The Morgan fingerprint density at radius 2 is 2.03 bits per heavy atom. The molecule has 1 aliphatic rings. The van der Waals surface area contributed by atoms with Gasteiger partial charge in [0.15, 0.2) is 5.65 Å². The summed E-state index contributed by atoms with van der Waals surface area (Å²) in [4.78, 5) is 23.7. The molecule has 10 heteroatoms. The van der Waals surface area contributed by atoms with Crippen LogP contribution in [0.4, 0.5) is 10.6 Å². The highest BCUT2D eigenvalue weighted by atomic mass is 79.9. The number of fused-ring (bicyclic) bond motifs is 2. The molecule has 9 nitrogen and oxygen atoms in total. The van der Waals surface area contributed by atoms with Crippen molar-refractivity contribution in [3.63, 3.8) is 0 Å². The van der Waals surface area contributed by atoms with Gasteiger partial charge >= 0.3 is 6.03 Å². The lowest BCUT2D eigenvalue weighted by Gasteiger charge is -2.32. The van der Waals surface area contributed by atoms with Crippen LogP contribution < -0.4 is 11.1 Å². The fourth-order valence-corrected chi connectivity index (χ4v) is 5.03. The van der Waals surface area contributed by atoms with Crippen molar-refractivity contribution in [1.82, 2.24) is 29.8 Å². The topological polar surface area (TPSA) is 122 Å². The quantitative estimate of drug-likeness (QED) is 0.344. The number of pyridine rings is 1. The number of aliphatic hydroxyl groups excluding tert-OH is 1. The summed E-state index contributed by atoms with van der Waals surface area (Å²) in [7, 11) is 0. The number of piperidine rings is 1. The number of carbonyl (C=O) groups excluding carboxylic acids is 1. The van der Waals surface area contributed by atoms with Crippen molar-refractivity contribution in [3.05, 3.63) is 52.9 Å². The zero-order valence-corrected chi connectivity index (χ0v) is 20.2. The zero-order valence-electron chi connectivity index (χ0n) is 18.6. The third-order valence-corrected chi connectivity index (χ3v) is 7.14. The van der Waals surface area contributed by atoms with Crippen LogP contribution in [0.5, 0.6) is 0 Å². The number of nitrogens with one attached hydrogen (secondary N) is 1. The lowest BCUT2D eigenvalue weighted by atomic mass is 9.93. The van der Waals surface area contributed by atoms with Crippen LogP contribution in [0.1, 0.15) is 30.9 Å². The number of benzene rings is 1. The number of rotatable bonds is 5. The monoisotopic (exact) mass is 523 g/mol. The van der Waals surface area contributed by atoms with Gasteiger partial charge in [-0.3, -0.25) is 4.98 Å². The van der Waals surface area contributed by atoms with Gasteiger partial charge in [0.2, 0.25) is 0 Å². The van der Waals surface area contributed by atoms with Gasteiger partial charge in [0, 0.05) is 54.9 Å². The molecule has 0 unspecified atom stereocenters. The lowest BCUT2D eigenvalue weighted by molar-refractivity contribution is 0.179. The number of nitrogens with zero attached hydrogens (tertiary/aromatic N) is 5. The van der Waals surface area contributed by atoms with Crippen molar-refractivity contribution >= 4 is 44.3 Å². The highest BCUT2D eigenvalue weighted by Gasteiger charge is 2.28. The Balaban J connectivity index is 1.43. The Morgan fingerprint density at radius 1 is 1.24 bits per heavy atom. The Labute approximate surface area is 205 Å². The third kappa shape index (κ3) is 4.19. The fraction of sp³-hybridized carbons (Fsp3) is 0.333. The van der Waals surface area contributed by atoms with E-state index in [2.05, 4.69) is 37.4 Å². The molecule has 1 aliphatic heterocycles. The number of aliphatic hydroxyl groups is 1. The molecule has 4 aromatic rings. The SMILES string of the molecule is Nc1c(Br)c(C2CCN(C(=O)NCCCO)CC2)nc2c(-c3cnc4ccccc4c3)cnn12. The van der Waals surface area contributed by atoms with Gasteiger partial charge in [0.05, 0.1) is 21.9 Å². The van der Waals surface area contributed by atoms with Gasteiger partial charge in [-0.1, -0.05) is 18.2 Å². The normalized spacial score (nSPS) is 14.7. The molecule has 1 fully saturated rings. The van der Waals surface area contributed by atoms with Crippen LogP contribution in [0.25, 0.3) is 27.7 Å². The van der Waals surface area contributed by atoms with Gasteiger partial charge in [-0.25, -0.2) is 9.78 Å². The number of carbonyl (C=O) groups is 1.